The highest BCUT2D eigenvalue weighted by atomic mass is 35.5. The Balaban J connectivity index is 1.15. The number of carbonyl (C=O) groups excluding carboxylic acids is 3. The number of benzene rings is 3. The summed E-state index contributed by atoms with van der Waals surface area (Å²) in [5, 5.41) is 2.97. The van der Waals surface area contributed by atoms with Crippen molar-refractivity contribution in [3.8, 4) is 17.2 Å². The van der Waals surface area contributed by atoms with Crippen molar-refractivity contribution in [2.24, 2.45) is 0 Å². The molecule has 0 unspecified atom stereocenters. The summed E-state index contributed by atoms with van der Waals surface area (Å²) in [4.78, 5) is 47.6. The lowest BCUT2D eigenvalue weighted by Gasteiger charge is -2.44. The molecule has 14 heteroatoms. The molecule has 0 bridgehead atoms. The van der Waals surface area contributed by atoms with Crippen LogP contribution in [0.1, 0.15) is 67.4 Å². The van der Waals surface area contributed by atoms with Gasteiger partial charge in [-0.05, 0) is 94.1 Å². The van der Waals surface area contributed by atoms with E-state index in [1.165, 1.54) is 21.3 Å². The molecule has 3 aromatic carbocycles. The molecular weight excluding hydrogens is 781 g/mol. The molecule has 1 N–H and O–H groups in total. The van der Waals surface area contributed by atoms with Crippen LogP contribution in [0.5, 0.6) is 17.2 Å². The van der Waals surface area contributed by atoms with E-state index < -0.39 is 5.41 Å². The number of nitrogens with one attached hydrogen (secondary N) is 1. The van der Waals surface area contributed by atoms with E-state index in [1.54, 1.807) is 12.1 Å². The van der Waals surface area contributed by atoms with Crippen LogP contribution in [0.3, 0.4) is 0 Å². The number of methoxy groups -OCH3 is 3. The monoisotopic (exact) mass is 837 g/mol. The lowest BCUT2D eigenvalue weighted by Crippen LogP contribution is -2.61. The number of esters is 1. The first-order valence-corrected chi connectivity index (χ1v) is 21.1. The van der Waals surface area contributed by atoms with Crippen molar-refractivity contribution in [2.75, 3.05) is 86.8 Å². The molecule has 0 radical (unpaired) electrons. The Kier molecular flexibility index (Phi) is 14.5. The summed E-state index contributed by atoms with van der Waals surface area (Å²) in [7, 11) is 4.61. The summed E-state index contributed by atoms with van der Waals surface area (Å²) in [6.45, 7) is 10.1. The van der Waals surface area contributed by atoms with Crippen LogP contribution in [0.15, 0.2) is 60.7 Å². The van der Waals surface area contributed by atoms with Crippen molar-refractivity contribution in [1.29, 1.82) is 0 Å². The average molecular weight is 839 g/mol. The minimum atomic E-state index is -0.690. The topological polar surface area (TPSA) is 113 Å². The summed E-state index contributed by atoms with van der Waals surface area (Å²) in [6, 6.07) is 19.0. The third kappa shape index (κ3) is 9.21. The van der Waals surface area contributed by atoms with Crippen molar-refractivity contribution in [3.05, 3.63) is 87.4 Å². The Hall–Kier alpha value is -4.07. The smallest absolute Gasteiger partial charge is 0.323 e. The van der Waals surface area contributed by atoms with Crippen LogP contribution in [-0.4, -0.2) is 130 Å². The third-order valence-electron chi connectivity index (χ3n) is 12.4. The Morgan fingerprint density at radius 1 is 0.776 bits per heavy atom. The molecule has 0 spiro atoms. The van der Waals surface area contributed by atoms with E-state index in [-0.39, 0.29) is 29.2 Å². The number of carbonyl (C=O) groups is 3. The van der Waals surface area contributed by atoms with Gasteiger partial charge >= 0.3 is 5.97 Å². The normalized spacial score (nSPS) is 20.6. The molecule has 0 saturated carbocycles. The largest absolute Gasteiger partial charge is 0.493 e. The number of amides is 2. The number of ether oxygens (including phenoxy) is 4. The van der Waals surface area contributed by atoms with Gasteiger partial charge < -0.3 is 28.7 Å². The number of rotatable bonds is 15. The van der Waals surface area contributed by atoms with Crippen LogP contribution >= 0.6 is 23.2 Å². The predicted octanol–water partition coefficient (Wildman–Crippen LogP) is 6.22. The van der Waals surface area contributed by atoms with Crippen LogP contribution in [0, 0.1) is 0 Å². The molecule has 3 saturated heterocycles. The summed E-state index contributed by atoms with van der Waals surface area (Å²) in [6.07, 6.45) is 3.53. The standard InChI is InChI=1S/C44H57Cl2N5O7/c1-6-36(41(53)58-7-2)49-23-25-51(26-24-49)47-42(54)44(32-11-9-8-10-12-32)17-20-48(21-18-44)19-15-43(33-13-14-34(45)35(46)29-33)16-22-50(30-43)40(52)31-27-37(55-3)39(57-5)38(28-31)56-4/h8-14,27-29,36H,6-7,15-26,30H2,1-5H3,(H,47,54)/t36-,43+/m0/s1. The number of hydrogen-bond donors (Lipinski definition) is 1. The number of piperazine rings is 1. The minimum absolute atomic E-state index is 0.00764. The first kappa shape index (κ1) is 43.5. The Morgan fingerprint density at radius 3 is 2.03 bits per heavy atom. The highest BCUT2D eigenvalue weighted by Crippen LogP contribution is 2.43. The zero-order chi connectivity index (χ0) is 41.5. The molecule has 2 atom stereocenters. The fraction of sp³-hybridized carbons (Fsp3) is 0.523. The quantitative estimate of drug-likeness (QED) is 0.177. The summed E-state index contributed by atoms with van der Waals surface area (Å²) in [5.41, 5.74) is 4.74. The van der Waals surface area contributed by atoms with E-state index in [1.807, 2.05) is 60.2 Å². The Labute approximate surface area is 352 Å². The van der Waals surface area contributed by atoms with Gasteiger partial charge in [-0.3, -0.25) is 24.7 Å². The van der Waals surface area contributed by atoms with Crippen molar-refractivity contribution in [3.63, 3.8) is 0 Å². The summed E-state index contributed by atoms with van der Waals surface area (Å²) >= 11 is 13.0. The molecule has 0 aliphatic carbocycles. The van der Waals surface area contributed by atoms with Crippen LogP contribution in [-0.2, 0) is 25.2 Å². The van der Waals surface area contributed by atoms with Crippen LogP contribution in [0.25, 0.3) is 0 Å². The second kappa shape index (κ2) is 19.3. The van der Waals surface area contributed by atoms with Crippen molar-refractivity contribution in [2.45, 2.75) is 62.8 Å². The van der Waals surface area contributed by atoms with Crippen molar-refractivity contribution < 1.29 is 33.3 Å². The lowest BCUT2D eigenvalue weighted by atomic mass is 9.71. The number of hydrogen-bond acceptors (Lipinski definition) is 10. The maximum absolute atomic E-state index is 14.4. The van der Waals surface area contributed by atoms with E-state index in [2.05, 4.69) is 27.4 Å². The molecule has 2 amide bonds. The SMILES string of the molecule is CCOC(=O)[C@H](CC)N1CCN(NC(=O)C2(c3ccccc3)CCN(CC[C@@]3(c4ccc(Cl)c(Cl)c4)CCN(C(=O)c4cc(OC)c(OC)c(OC)c4)C3)CC2)CC1. The molecule has 3 fully saturated rings. The molecule has 12 nitrogen and oxygen atoms in total. The van der Waals surface area contributed by atoms with Gasteiger partial charge in [-0.15, -0.1) is 0 Å². The maximum Gasteiger partial charge on any atom is 0.323 e. The molecule has 3 heterocycles. The zero-order valence-corrected chi connectivity index (χ0v) is 35.9. The fourth-order valence-corrected chi connectivity index (χ4v) is 9.28. The minimum Gasteiger partial charge on any atom is -0.493 e. The van der Waals surface area contributed by atoms with E-state index in [0.717, 1.165) is 43.6 Å². The second-order valence-electron chi connectivity index (χ2n) is 15.5. The predicted molar refractivity (Wildman–Crippen MR) is 225 cm³/mol. The molecule has 0 aromatic heterocycles. The molecule has 3 aliphatic heterocycles. The Morgan fingerprint density at radius 2 is 1.45 bits per heavy atom. The van der Waals surface area contributed by atoms with Gasteiger partial charge in [0.2, 0.25) is 11.7 Å². The van der Waals surface area contributed by atoms with Gasteiger partial charge in [-0.25, -0.2) is 5.01 Å². The van der Waals surface area contributed by atoms with Crippen LogP contribution in [0.2, 0.25) is 10.0 Å². The number of halogens is 2. The molecule has 3 aliphatic rings. The average Bonchev–Trinajstić information content (AvgIpc) is 3.70. The van der Waals surface area contributed by atoms with E-state index in [9.17, 15) is 14.4 Å². The van der Waals surface area contributed by atoms with Crippen molar-refractivity contribution in [1.82, 2.24) is 25.1 Å². The van der Waals surface area contributed by atoms with Gasteiger partial charge in [-0.1, -0.05) is 66.5 Å². The van der Waals surface area contributed by atoms with Gasteiger partial charge in [0.15, 0.2) is 11.5 Å². The van der Waals surface area contributed by atoms with Crippen LogP contribution in [0.4, 0.5) is 0 Å². The van der Waals surface area contributed by atoms with Gasteiger partial charge in [-0.2, -0.15) is 0 Å². The Bertz CT molecular complexity index is 1880. The molecule has 314 valence electrons. The van der Waals surface area contributed by atoms with E-state index in [4.69, 9.17) is 42.1 Å². The van der Waals surface area contributed by atoms with Gasteiger partial charge in [0, 0.05) is 50.2 Å². The lowest BCUT2D eigenvalue weighted by molar-refractivity contribution is -0.151. The van der Waals surface area contributed by atoms with Gasteiger partial charge in [0.1, 0.15) is 6.04 Å². The number of likely N-dealkylation sites (tertiary alicyclic amines) is 2. The summed E-state index contributed by atoms with van der Waals surface area (Å²) < 4.78 is 21.9. The fourth-order valence-electron chi connectivity index (χ4n) is 8.99. The van der Waals surface area contributed by atoms with Crippen molar-refractivity contribution >= 4 is 41.0 Å². The zero-order valence-electron chi connectivity index (χ0n) is 34.4. The van der Waals surface area contributed by atoms with Crippen LogP contribution < -0.4 is 19.6 Å². The van der Waals surface area contributed by atoms with E-state index in [0.29, 0.717) is 98.0 Å². The number of hydrazine groups is 1. The maximum atomic E-state index is 14.4. The van der Waals surface area contributed by atoms with Gasteiger partial charge in [0.25, 0.3) is 5.91 Å². The molecule has 58 heavy (non-hydrogen) atoms. The first-order valence-electron chi connectivity index (χ1n) is 20.3. The van der Waals surface area contributed by atoms with E-state index >= 15 is 0 Å². The second-order valence-corrected chi connectivity index (χ2v) is 16.3. The molecule has 6 rings (SSSR count). The number of piperidine rings is 1. The summed E-state index contributed by atoms with van der Waals surface area (Å²) in [5.74, 6) is 0.971. The highest BCUT2D eigenvalue weighted by Gasteiger charge is 2.46. The highest BCUT2D eigenvalue weighted by molar-refractivity contribution is 6.42. The van der Waals surface area contributed by atoms with Gasteiger partial charge in [0.05, 0.1) is 43.4 Å². The number of nitrogens with zero attached hydrogens (tertiary/aromatic N) is 4. The molecular formula is C44H57Cl2N5O7. The molecule has 3 aromatic rings. The first-order chi connectivity index (χ1) is 28.0. The third-order valence-corrected chi connectivity index (χ3v) is 13.2.